The molecule has 2 heteroatoms. The summed E-state index contributed by atoms with van der Waals surface area (Å²) in [4.78, 5) is 11.1. The second kappa shape index (κ2) is 3.05. The number of hydrogen-bond acceptors (Lipinski definition) is 2. The van der Waals surface area contributed by atoms with E-state index in [2.05, 4.69) is 0 Å². The molecule has 1 aromatic carbocycles. The van der Waals surface area contributed by atoms with Gasteiger partial charge in [-0.1, -0.05) is 18.2 Å². The quantitative estimate of drug-likeness (QED) is 0.651. The van der Waals surface area contributed by atoms with Crippen molar-refractivity contribution in [2.45, 2.75) is 6.92 Å². The highest BCUT2D eigenvalue weighted by Gasteiger charge is 2.12. The molecule has 2 nitrogen and oxygen atoms in total. The molecule has 0 amide bonds. The number of benzene rings is 1. The van der Waals surface area contributed by atoms with Crippen molar-refractivity contribution in [3.05, 3.63) is 35.4 Å². The molecular weight excluding hydrogens is 164 g/mol. The fourth-order valence-corrected chi connectivity index (χ4v) is 1.32. The van der Waals surface area contributed by atoms with Gasteiger partial charge in [0.2, 0.25) is 0 Å². The minimum atomic E-state index is 0.0782. The number of Topliss-reactive ketones (excluding diaryl/α,β-unsaturated/α-hetero) is 1. The van der Waals surface area contributed by atoms with Crippen molar-refractivity contribution in [1.29, 1.82) is 0 Å². The number of ether oxygens (including phenoxy) is 1. The standard InChI is InChI=1S/C11H10O2/c1-8(12)10-6-9-4-2-3-5-11(9)13-7-10/h2-6H,7H2,1H3. The molecule has 1 aliphatic rings. The van der Waals surface area contributed by atoms with Crippen LogP contribution in [0.25, 0.3) is 6.08 Å². The van der Waals surface area contributed by atoms with Crippen LogP contribution in [-0.2, 0) is 4.79 Å². The third kappa shape index (κ3) is 1.47. The lowest BCUT2D eigenvalue weighted by molar-refractivity contribution is -0.113. The Balaban J connectivity index is 2.44. The molecule has 1 aliphatic heterocycles. The second-order valence-corrected chi connectivity index (χ2v) is 3.05. The van der Waals surface area contributed by atoms with Crippen LogP contribution in [0.3, 0.4) is 0 Å². The Hall–Kier alpha value is -1.57. The van der Waals surface area contributed by atoms with Crippen LogP contribution in [0.15, 0.2) is 29.8 Å². The topological polar surface area (TPSA) is 26.3 Å². The smallest absolute Gasteiger partial charge is 0.159 e. The molecule has 0 saturated heterocycles. The summed E-state index contributed by atoms with van der Waals surface area (Å²) in [6.07, 6.45) is 1.89. The van der Waals surface area contributed by atoms with Gasteiger partial charge in [0.1, 0.15) is 12.4 Å². The van der Waals surface area contributed by atoms with E-state index in [1.54, 1.807) is 6.92 Å². The van der Waals surface area contributed by atoms with Gasteiger partial charge in [-0.15, -0.1) is 0 Å². The third-order valence-corrected chi connectivity index (χ3v) is 2.08. The molecule has 13 heavy (non-hydrogen) atoms. The maximum Gasteiger partial charge on any atom is 0.159 e. The molecule has 0 radical (unpaired) electrons. The number of para-hydroxylation sites is 1. The third-order valence-electron chi connectivity index (χ3n) is 2.08. The fourth-order valence-electron chi connectivity index (χ4n) is 1.32. The van der Waals surface area contributed by atoms with Crippen molar-refractivity contribution in [3.63, 3.8) is 0 Å². The van der Waals surface area contributed by atoms with Gasteiger partial charge in [-0.05, 0) is 19.1 Å². The molecule has 0 bridgehead atoms. The van der Waals surface area contributed by atoms with E-state index in [1.807, 2.05) is 30.3 Å². The van der Waals surface area contributed by atoms with Crippen molar-refractivity contribution in [2.24, 2.45) is 0 Å². The van der Waals surface area contributed by atoms with E-state index in [-0.39, 0.29) is 5.78 Å². The van der Waals surface area contributed by atoms with Crippen LogP contribution in [0.5, 0.6) is 5.75 Å². The van der Waals surface area contributed by atoms with E-state index in [4.69, 9.17) is 4.74 Å². The molecule has 0 atom stereocenters. The molecule has 1 aromatic rings. The number of carbonyl (C=O) groups excluding carboxylic acids is 1. The first-order chi connectivity index (χ1) is 6.27. The van der Waals surface area contributed by atoms with E-state index >= 15 is 0 Å². The van der Waals surface area contributed by atoms with Crippen LogP contribution in [-0.4, -0.2) is 12.4 Å². The molecule has 0 saturated carbocycles. The Morgan fingerprint density at radius 3 is 2.92 bits per heavy atom. The summed E-state index contributed by atoms with van der Waals surface area (Å²) < 4.78 is 5.41. The molecule has 0 unspecified atom stereocenters. The Bertz CT molecular complexity index is 377. The fraction of sp³-hybridized carbons (Fsp3) is 0.182. The van der Waals surface area contributed by atoms with Gasteiger partial charge in [0.25, 0.3) is 0 Å². The van der Waals surface area contributed by atoms with Crippen LogP contribution >= 0.6 is 0 Å². The monoisotopic (exact) mass is 174 g/mol. The average molecular weight is 174 g/mol. The Morgan fingerprint density at radius 1 is 1.38 bits per heavy atom. The summed E-state index contributed by atoms with van der Waals surface area (Å²) in [5.74, 6) is 0.932. The van der Waals surface area contributed by atoms with Gasteiger partial charge in [-0.25, -0.2) is 0 Å². The maximum atomic E-state index is 11.1. The molecular formula is C11H10O2. The van der Waals surface area contributed by atoms with Crippen molar-refractivity contribution in [2.75, 3.05) is 6.61 Å². The first kappa shape index (κ1) is 8.05. The lowest BCUT2D eigenvalue weighted by Gasteiger charge is -2.15. The van der Waals surface area contributed by atoms with Crippen LogP contribution in [0.2, 0.25) is 0 Å². The summed E-state index contributed by atoms with van der Waals surface area (Å²) in [6, 6.07) is 7.70. The van der Waals surface area contributed by atoms with E-state index in [9.17, 15) is 4.79 Å². The van der Waals surface area contributed by atoms with Gasteiger partial charge in [-0.3, -0.25) is 4.79 Å². The number of carbonyl (C=O) groups is 1. The summed E-state index contributed by atoms with van der Waals surface area (Å²) in [6.45, 7) is 1.95. The predicted molar refractivity (Wildman–Crippen MR) is 50.6 cm³/mol. The Morgan fingerprint density at radius 2 is 2.15 bits per heavy atom. The van der Waals surface area contributed by atoms with E-state index in [0.717, 1.165) is 16.9 Å². The highest BCUT2D eigenvalue weighted by Crippen LogP contribution is 2.25. The van der Waals surface area contributed by atoms with E-state index in [0.29, 0.717) is 6.61 Å². The van der Waals surface area contributed by atoms with Crippen molar-refractivity contribution < 1.29 is 9.53 Å². The van der Waals surface area contributed by atoms with Crippen LogP contribution in [0.4, 0.5) is 0 Å². The largest absolute Gasteiger partial charge is 0.488 e. The molecule has 2 rings (SSSR count). The van der Waals surface area contributed by atoms with Crippen LogP contribution < -0.4 is 4.74 Å². The number of fused-ring (bicyclic) bond motifs is 1. The molecule has 1 heterocycles. The van der Waals surface area contributed by atoms with Crippen molar-refractivity contribution in [3.8, 4) is 5.75 Å². The molecule has 66 valence electrons. The van der Waals surface area contributed by atoms with E-state index < -0.39 is 0 Å². The van der Waals surface area contributed by atoms with Crippen LogP contribution in [0, 0.1) is 0 Å². The zero-order chi connectivity index (χ0) is 9.26. The Labute approximate surface area is 76.8 Å². The van der Waals surface area contributed by atoms with Gasteiger partial charge in [0, 0.05) is 11.1 Å². The average Bonchev–Trinajstić information content (AvgIpc) is 2.17. The molecule has 0 spiro atoms. The Kier molecular flexibility index (Phi) is 1.89. The first-order valence-corrected chi connectivity index (χ1v) is 4.21. The number of ketones is 1. The zero-order valence-corrected chi connectivity index (χ0v) is 7.41. The van der Waals surface area contributed by atoms with Crippen molar-refractivity contribution in [1.82, 2.24) is 0 Å². The summed E-state index contributed by atoms with van der Waals surface area (Å²) >= 11 is 0. The first-order valence-electron chi connectivity index (χ1n) is 4.21. The summed E-state index contributed by atoms with van der Waals surface area (Å²) in [7, 11) is 0. The summed E-state index contributed by atoms with van der Waals surface area (Å²) in [5.41, 5.74) is 1.72. The SMILES string of the molecule is CC(=O)C1=Cc2ccccc2OC1. The van der Waals surface area contributed by atoms with E-state index in [1.165, 1.54) is 0 Å². The van der Waals surface area contributed by atoms with Crippen LogP contribution in [0.1, 0.15) is 12.5 Å². The van der Waals surface area contributed by atoms with Gasteiger partial charge in [0.05, 0.1) is 0 Å². The molecule has 0 aromatic heterocycles. The number of rotatable bonds is 1. The normalized spacial score (nSPS) is 14.1. The minimum Gasteiger partial charge on any atom is -0.488 e. The van der Waals surface area contributed by atoms with Crippen molar-refractivity contribution >= 4 is 11.9 Å². The highest BCUT2D eigenvalue weighted by molar-refractivity contribution is 5.98. The van der Waals surface area contributed by atoms with Gasteiger partial charge >= 0.3 is 0 Å². The molecule has 0 aliphatic carbocycles. The lowest BCUT2D eigenvalue weighted by Crippen LogP contribution is -2.12. The zero-order valence-electron chi connectivity index (χ0n) is 7.41. The molecule has 0 N–H and O–H groups in total. The second-order valence-electron chi connectivity index (χ2n) is 3.05. The molecule has 0 fully saturated rings. The lowest BCUT2D eigenvalue weighted by atomic mass is 10.1. The minimum absolute atomic E-state index is 0.0782. The highest BCUT2D eigenvalue weighted by atomic mass is 16.5. The summed E-state index contributed by atoms with van der Waals surface area (Å²) in [5, 5.41) is 0. The van der Waals surface area contributed by atoms with Gasteiger partial charge < -0.3 is 4.74 Å². The van der Waals surface area contributed by atoms with Gasteiger partial charge in [0.15, 0.2) is 5.78 Å². The maximum absolute atomic E-state index is 11.1. The predicted octanol–water partition coefficient (Wildman–Crippen LogP) is 2.05. The number of hydrogen-bond donors (Lipinski definition) is 0. The van der Waals surface area contributed by atoms with Gasteiger partial charge in [-0.2, -0.15) is 0 Å².